The zero-order valence-corrected chi connectivity index (χ0v) is 14.1. The fourth-order valence-corrected chi connectivity index (χ4v) is 2.54. The molecule has 2 heterocycles. The van der Waals surface area contributed by atoms with Gasteiger partial charge in [0, 0.05) is 31.1 Å². The molecule has 1 fully saturated rings. The Labute approximate surface area is 134 Å². The molecule has 0 bridgehead atoms. The van der Waals surface area contributed by atoms with Crippen LogP contribution in [0.5, 0.6) is 0 Å². The summed E-state index contributed by atoms with van der Waals surface area (Å²) in [6, 6.07) is 3.56. The summed E-state index contributed by atoms with van der Waals surface area (Å²) in [6.07, 6.45) is 3.29. The highest BCUT2D eigenvalue weighted by Crippen LogP contribution is 2.25. The lowest BCUT2D eigenvalue weighted by Gasteiger charge is -2.30. The molecule has 0 aromatic carbocycles. The van der Waals surface area contributed by atoms with E-state index in [-0.39, 0.29) is 11.1 Å². The molecule has 0 amide bonds. The average molecular weight is 321 g/mol. The monoisotopic (exact) mass is 321 g/mol. The first-order valence-corrected chi connectivity index (χ1v) is 7.33. The lowest BCUT2D eigenvalue weighted by atomic mass is 10.1. The second kappa shape index (κ2) is 5.35. The molecule has 118 valence electrons. The summed E-state index contributed by atoms with van der Waals surface area (Å²) >= 11 is 5.45. The highest BCUT2D eigenvalue weighted by molar-refractivity contribution is 7.71. The summed E-state index contributed by atoms with van der Waals surface area (Å²) in [5.74, 6) is -2.66. The van der Waals surface area contributed by atoms with Crippen molar-refractivity contribution in [1.29, 1.82) is 0 Å². The Kier molecular flexibility index (Phi) is 4.00. The standard InChI is InChI=1S/C16H19NO4S/c1-15(2,3)17-8-6-7-10(12(17)22)9-11-13(18)20-16(4,5)21-14(11)19/h6-9H,1-5H3. The summed E-state index contributed by atoms with van der Waals surface area (Å²) in [4.78, 5) is 24.0. The zero-order valence-electron chi connectivity index (χ0n) is 13.3. The molecule has 0 aliphatic carbocycles. The van der Waals surface area contributed by atoms with Crippen LogP contribution in [-0.4, -0.2) is 22.3 Å². The van der Waals surface area contributed by atoms with Crippen LogP contribution in [-0.2, 0) is 24.6 Å². The molecule has 22 heavy (non-hydrogen) atoms. The molecular formula is C16H19NO4S. The van der Waals surface area contributed by atoms with Crippen molar-refractivity contribution in [1.82, 2.24) is 4.57 Å². The third-order valence-corrected chi connectivity index (χ3v) is 3.55. The number of hydrogen-bond acceptors (Lipinski definition) is 5. The highest BCUT2D eigenvalue weighted by Gasteiger charge is 2.38. The van der Waals surface area contributed by atoms with E-state index in [1.54, 1.807) is 6.07 Å². The van der Waals surface area contributed by atoms with E-state index in [9.17, 15) is 9.59 Å². The van der Waals surface area contributed by atoms with Crippen molar-refractivity contribution in [2.45, 2.75) is 45.9 Å². The molecule has 5 nitrogen and oxygen atoms in total. The minimum Gasteiger partial charge on any atom is -0.419 e. The quantitative estimate of drug-likeness (QED) is 0.344. The van der Waals surface area contributed by atoms with Crippen LogP contribution in [0.4, 0.5) is 0 Å². The van der Waals surface area contributed by atoms with E-state index in [1.165, 1.54) is 19.9 Å². The maximum atomic E-state index is 12.0. The fourth-order valence-electron chi connectivity index (χ4n) is 2.08. The van der Waals surface area contributed by atoms with Crippen LogP contribution in [0.2, 0.25) is 0 Å². The number of ether oxygens (including phenoxy) is 2. The van der Waals surface area contributed by atoms with Gasteiger partial charge in [0.05, 0.1) is 0 Å². The van der Waals surface area contributed by atoms with E-state index in [0.717, 1.165) is 0 Å². The summed E-state index contributed by atoms with van der Waals surface area (Å²) < 4.78 is 12.6. The molecule has 0 spiro atoms. The van der Waals surface area contributed by atoms with Crippen LogP contribution < -0.4 is 0 Å². The van der Waals surface area contributed by atoms with Crippen molar-refractivity contribution in [3.8, 4) is 0 Å². The van der Waals surface area contributed by atoms with Gasteiger partial charge in [-0.05, 0) is 32.9 Å². The Balaban J connectivity index is 2.49. The molecule has 0 saturated carbocycles. The Bertz CT molecular complexity index is 700. The molecule has 1 aliphatic rings. The van der Waals surface area contributed by atoms with Crippen molar-refractivity contribution in [3.05, 3.63) is 34.1 Å². The van der Waals surface area contributed by atoms with Crippen LogP contribution in [0.3, 0.4) is 0 Å². The number of nitrogens with zero attached hydrogens (tertiary/aromatic N) is 1. The number of hydrogen-bond donors (Lipinski definition) is 0. The number of carbonyl (C=O) groups excluding carboxylic acids is 2. The van der Waals surface area contributed by atoms with Crippen molar-refractivity contribution in [3.63, 3.8) is 0 Å². The number of cyclic esters (lactones) is 2. The van der Waals surface area contributed by atoms with Gasteiger partial charge in [0.2, 0.25) is 0 Å². The highest BCUT2D eigenvalue weighted by atomic mass is 32.1. The van der Waals surface area contributed by atoms with Gasteiger partial charge in [0.25, 0.3) is 5.79 Å². The van der Waals surface area contributed by atoms with Gasteiger partial charge >= 0.3 is 11.9 Å². The number of esters is 2. The summed E-state index contributed by atoms with van der Waals surface area (Å²) in [6.45, 7) is 9.07. The van der Waals surface area contributed by atoms with Gasteiger partial charge in [-0.1, -0.05) is 18.3 Å². The van der Waals surface area contributed by atoms with Gasteiger partial charge in [-0.3, -0.25) is 0 Å². The van der Waals surface area contributed by atoms with Crippen LogP contribution in [0.15, 0.2) is 23.9 Å². The van der Waals surface area contributed by atoms with E-state index in [2.05, 4.69) is 0 Å². The van der Waals surface area contributed by atoms with Crippen LogP contribution >= 0.6 is 12.2 Å². The molecule has 1 aromatic rings. The second-order valence-electron chi connectivity index (χ2n) is 6.55. The van der Waals surface area contributed by atoms with Crippen molar-refractivity contribution in [2.75, 3.05) is 0 Å². The SMILES string of the molecule is CC1(C)OC(=O)C(=Cc2cccn(C(C)(C)C)c2=S)C(=O)O1. The molecule has 0 unspecified atom stereocenters. The van der Waals surface area contributed by atoms with Gasteiger partial charge in [-0.25, -0.2) is 9.59 Å². The smallest absolute Gasteiger partial charge is 0.348 e. The molecule has 6 heteroatoms. The molecule has 2 rings (SSSR count). The first-order valence-electron chi connectivity index (χ1n) is 6.92. The largest absolute Gasteiger partial charge is 0.419 e. The van der Waals surface area contributed by atoms with Gasteiger partial charge in [0.15, 0.2) is 0 Å². The predicted octanol–water partition coefficient (Wildman–Crippen LogP) is 3.19. The number of carbonyl (C=O) groups is 2. The van der Waals surface area contributed by atoms with Crippen LogP contribution in [0.25, 0.3) is 6.08 Å². The maximum Gasteiger partial charge on any atom is 0.348 e. The minimum absolute atomic E-state index is 0.155. The molecular weight excluding hydrogens is 302 g/mol. The Morgan fingerprint density at radius 2 is 1.73 bits per heavy atom. The van der Waals surface area contributed by atoms with E-state index in [4.69, 9.17) is 21.7 Å². The fraction of sp³-hybridized carbons (Fsp3) is 0.438. The molecule has 0 N–H and O–H groups in total. The minimum atomic E-state index is -1.25. The van der Waals surface area contributed by atoms with Gasteiger partial charge in [0.1, 0.15) is 10.2 Å². The number of aromatic nitrogens is 1. The average Bonchev–Trinajstić information content (AvgIpc) is 2.32. The Morgan fingerprint density at radius 3 is 2.23 bits per heavy atom. The van der Waals surface area contributed by atoms with E-state index in [0.29, 0.717) is 10.2 Å². The topological polar surface area (TPSA) is 57.5 Å². The molecule has 0 atom stereocenters. The lowest BCUT2D eigenvalue weighted by molar-refractivity contribution is -0.222. The molecule has 0 radical (unpaired) electrons. The van der Waals surface area contributed by atoms with E-state index in [1.807, 2.05) is 37.6 Å². The van der Waals surface area contributed by atoms with Gasteiger partial charge < -0.3 is 14.0 Å². The number of rotatable bonds is 1. The second-order valence-corrected chi connectivity index (χ2v) is 6.93. The Hall–Kier alpha value is -1.95. The maximum absolute atomic E-state index is 12.0. The third kappa shape index (κ3) is 3.27. The zero-order chi connectivity index (χ0) is 16.7. The summed E-state index contributed by atoms with van der Waals surface area (Å²) in [7, 11) is 0. The molecule has 1 aromatic heterocycles. The third-order valence-electron chi connectivity index (χ3n) is 3.12. The summed E-state index contributed by atoms with van der Waals surface area (Å²) in [5, 5.41) is 0. The lowest BCUT2D eigenvalue weighted by Crippen LogP contribution is -2.41. The van der Waals surface area contributed by atoms with Gasteiger partial charge in [-0.15, -0.1) is 0 Å². The molecule has 1 saturated heterocycles. The van der Waals surface area contributed by atoms with Crippen molar-refractivity contribution in [2.24, 2.45) is 0 Å². The molecule has 1 aliphatic heterocycles. The number of pyridine rings is 1. The first-order chi connectivity index (χ1) is 10.0. The summed E-state index contributed by atoms with van der Waals surface area (Å²) in [5.41, 5.74) is 0.231. The van der Waals surface area contributed by atoms with Crippen molar-refractivity contribution < 1.29 is 19.1 Å². The Morgan fingerprint density at radius 1 is 1.18 bits per heavy atom. The predicted molar refractivity (Wildman–Crippen MR) is 84.5 cm³/mol. The van der Waals surface area contributed by atoms with E-state index >= 15 is 0 Å². The van der Waals surface area contributed by atoms with Gasteiger partial charge in [-0.2, -0.15) is 0 Å². The normalized spacial score (nSPS) is 17.8. The van der Waals surface area contributed by atoms with Crippen molar-refractivity contribution >= 4 is 30.2 Å². The first kappa shape index (κ1) is 16.4. The van der Waals surface area contributed by atoms with E-state index < -0.39 is 17.7 Å². The van der Waals surface area contributed by atoms with Crippen LogP contribution in [0.1, 0.15) is 40.2 Å². The van der Waals surface area contributed by atoms with Crippen LogP contribution in [0, 0.1) is 4.64 Å².